The van der Waals surface area contributed by atoms with Crippen molar-refractivity contribution in [1.82, 2.24) is 0 Å². The van der Waals surface area contributed by atoms with E-state index in [9.17, 15) is 4.89 Å². The van der Waals surface area contributed by atoms with Crippen molar-refractivity contribution in [2.75, 3.05) is 13.2 Å². The number of hydrogen-bond acceptors (Lipinski definition) is 5. The number of benzene rings is 1. The van der Waals surface area contributed by atoms with Crippen LogP contribution in [0.15, 0.2) is 24.3 Å². The van der Waals surface area contributed by atoms with E-state index in [1.807, 2.05) is 0 Å². The van der Waals surface area contributed by atoms with Crippen molar-refractivity contribution in [3.8, 4) is 5.75 Å². The maximum atomic E-state index is 9.99. The molecule has 0 amide bonds. The van der Waals surface area contributed by atoms with Crippen molar-refractivity contribution >= 4 is 8.17 Å². The van der Waals surface area contributed by atoms with E-state index in [0.29, 0.717) is 19.0 Å². The molecule has 0 saturated heterocycles. The van der Waals surface area contributed by atoms with Gasteiger partial charge in [-0.05, 0) is 31.5 Å². The fraction of sp³-hybridized carbons (Fsp3) is 0.455. The summed E-state index contributed by atoms with van der Waals surface area (Å²) in [6, 6.07) is 6.71. The highest BCUT2D eigenvalue weighted by atomic mass is 31.2. The lowest BCUT2D eigenvalue weighted by Crippen LogP contribution is -2.09. The molecule has 0 bridgehead atoms. The minimum Gasteiger partial charge on any atom is -0.392 e. The maximum Gasteiger partial charge on any atom is 0.619 e. The quantitative estimate of drug-likeness (QED) is 0.737. The smallest absolute Gasteiger partial charge is 0.392 e. The van der Waals surface area contributed by atoms with Crippen molar-refractivity contribution in [3.63, 3.8) is 0 Å². The van der Waals surface area contributed by atoms with Gasteiger partial charge < -0.3 is 5.11 Å². The zero-order valence-electron chi connectivity index (χ0n) is 10.00. The van der Waals surface area contributed by atoms with Gasteiger partial charge in [0.15, 0.2) is 5.75 Å². The molecule has 0 radical (unpaired) electrons. The van der Waals surface area contributed by atoms with Crippen LogP contribution in [0.1, 0.15) is 19.4 Å². The van der Waals surface area contributed by atoms with Crippen LogP contribution >= 0.6 is 8.17 Å². The van der Waals surface area contributed by atoms with E-state index >= 15 is 0 Å². The molecule has 0 saturated carbocycles. The van der Waals surface area contributed by atoms with Crippen LogP contribution in [0.5, 0.6) is 5.75 Å². The summed E-state index contributed by atoms with van der Waals surface area (Å²) < 4.78 is 15.5. The van der Waals surface area contributed by atoms with Gasteiger partial charge in [0.1, 0.15) is 0 Å². The third kappa shape index (κ3) is 4.58. The molecule has 0 fully saturated rings. The molecule has 0 heterocycles. The van der Waals surface area contributed by atoms with Gasteiger partial charge in [-0.3, -0.25) is 4.52 Å². The second kappa shape index (κ2) is 6.89. The molecule has 1 rings (SSSR count). The lowest BCUT2D eigenvalue weighted by atomic mass is 10.2. The van der Waals surface area contributed by atoms with Gasteiger partial charge in [-0.2, -0.15) is 4.89 Å². The zero-order valence-corrected chi connectivity index (χ0v) is 10.9. The molecule has 0 aromatic heterocycles. The van der Waals surface area contributed by atoms with Crippen LogP contribution in [0.4, 0.5) is 0 Å². The molecular weight excluding hydrogens is 243 g/mol. The van der Waals surface area contributed by atoms with Gasteiger partial charge in [-0.1, -0.05) is 12.1 Å². The Morgan fingerprint density at radius 2 is 1.59 bits per heavy atom. The van der Waals surface area contributed by atoms with Gasteiger partial charge >= 0.3 is 8.17 Å². The summed E-state index contributed by atoms with van der Waals surface area (Å²) in [6.07, 6.45) is 0. The summed E-state index contributed by atoms with van der Waals surface area (Å²) in [6.45, 7) is 4.08. The lowest BCUT2D eigenvalue weighted by molar-refractivity contribution is 0.133. The molecule has 5 nitrogen and oxygen atoms in total. The van der Waals surface area contributed by atoms with Crippen LogP contribution in [-0.4, -0.2) is 23.2 Å². The van der Waals surface area contributed by atoms with Gasteiger partial charge in [-0.15, -0.1) is 9.05 Å². The van der Waals surface area contributed by atoms with Gasteiger partial charge in [0, 0.05) is 0 Å². The van der Waals surface area contributed by atoms with Crippen LogP contribution in [0.25, 0.3) is 0 Å². The van der Waals surface area contributed by atoms with Gasteiger partial charge in [0.2, 0.25) is 0 Å². The molecule has 0 atom stereocenters. The monoisotopic (exact) mass is 261 g/mol. The maximum absolute atomic E-state index is 9.99. The van der Waals surface area contributed by atoms with Crippen molar-refractivity contribution in [2.45, 2.75) is 20.5 Å². The van der Waals surface area contributed by atoms with Gasteiger partial charge in [0.05, 0.1) is 19.8 Å². The predicted molar refractivity (Wildman–Crippen MR) is 65.4 cm³/mol. The first-order valence-electron chi connectivity index (χ1n) is 5.43. The van der Waals surface area contributed by atoms with Crippen LogP contribution in [0.2, 0.25) is 0 Å². The molecule has 0 aliphatic carbocycles. The Bertz CT molecular complexity index is 321. The van der Waals surface area contributed by atoms with E-state index in [1.165, 1.54) is 0 Å². The largest absolute Gasteiger partial charge is 0.619 e. The standard InChI is InChI=1S/C11H18O5P/c1-3-14-17(13,15-4-2)16-11-7-5-10(9-12)6-8-11/h5-8,12-13H,3-4,9H2,1-2H3/q+1. The van der Waals surface area contributed by atoms with Crippen molar-refractivity contribution < 1.29 is 23.6 Å². The Morgan fingerprint density at radius 3 is 2.00 bits per heavy atom. The van der Waals surface area contributed by atoms with Crippen LogP contribution in [-0.2, 0) is 15.7 Å². The third-order valence-corrected chi connectivity index (χ3v) is 3.52. The molecule has 0 unspecified atom stereocenters. The second-order valence-corrected chi connectivity index (χ2v) is 4.83. The normalized spacial score (nSPS) is 11.5. The van der Waals surface area contributed by atoms with E-state index in [2.05, 4.69) is 0 Å². The summed E-state index contributed by atoms with van der Waals surface area (Å²) in [5.41, 5.74) is 0.770. The number of hydrogen-bond donors (Lipinski definition) is 2. The van der Waals surface area contributed by atoms with Crippen LogP contribution in [0.3, 0.4) is 0 Å². The van der Waals surface area contributed by atoms with E-state index in [1.54, 1.807) is 38.1 Å². The third-order valence-electron chi connectivity index (χ3n) is 1.91. The van der Waals surface area contributed by atoms with E-state index in [4.69, 9.17) is 18.7 Å². The molecule has 0 aliphatic rings. The van der Waals surface area contributed by atoms with Gasteiger partial charge in [0.25, 0.3) is 0 Å². The molecule has 0 aliphatic heterocycles. The Labute approximate surface area is 102 Å². The fourth-order valence-electron chi connectivity index (χ4n) is 1.21. The minimum atomic E-state index is -3.28. The number of rotatable bonds is 7. The van der Waals surface area contributed by atoms with Crippen molar-refractivity contribution in [1.29, 1.82) is 0 Å². The SMILES string of the molecule is CCO[P+](O)(OCC)Oc1ccc(CO)cc1. The average Bonchev–Trinajstić information content (AvgIpc) is 2.30. The first-order valence-corrected chi connectivity index (χ1v) is 6.93. The molecule has 2 N–H and O–H groups in total. The van der Waals surface area contributed by atoms with Crippen molar-refractivity contribution in [3.05, 3.63) is 29.8 Å². The number of aliphatic hydroxyl groups excluding tert-OH is 1. The number of aliphatic hydroxyl groups is 1. The predicted octanol–water partition coefficient (Wildman–Crippen LogP) is 2.30. The molecule has 0 spiro atoms. The summed E-state index contributed by atoms with van der Waals surface area (Å²) in [4.78, 5) is 9.99. The van der Waals surface area contributed by atoms with Gasteiger partial charge in [-0.25, -0.2) is 0 Å². The molecule has 6 heteroatoms. The van der Waals surface area contributed by atoms with Crippen molar-refractivity contribution in [2.24, 2.45) is 0 Å². The first kappa shape index (κ1) is 14.4. The molecule has 1 aromatic carbocycles. The second-order valence-electron chi connectivity index (χ2n) is 3.20. The van der Waals surface area contributed by atoms with Crippen LogP contribution < -0.4 is 4.52 Å². The Morgan fingerprint density at radius 1 is 1.06 bits per heavy atom. The first-order chi connectivity index (χ1) is 8.13. The lowest BCUT2D eigenvalue weighted by Gasteiger charge is -2.13. The minimum absolute atomic E-state index is 0.0311. The summed E-state index contributed by atoms with van der Waals surface area (Å²) >= 11 is 0. The molecule has 96 valence electrons. The summed E-state index contributed by atoms with van der Waals surface area (Å²) in [5, 5.41) is 8.90. The fourth-order valence-corrected chi connectivity index (χ4v) is 2.43. The van der Waals surface area contributed by atoms with Crippen LogP contribution in [0, 0.1) is 0 Å². The summed E-state index contributed by atoms with van der Waals surface area (Å²) in [7, 11) is -3.28. The highest BCUT2D eigenvalue weighted by molar-refractivity contribution is 7.55. The molecule has 1 aromatic rings. The Hall–Kier alpha value is -0.710. The van der Waals surface area contributed by atoms with E-state index < -0.39 is 8.17 Å². The molecular formula is C11H18O5P+. The molecule has 17 heavy (non-hydrogen) atoms. The topological polar surface area (TPSA) is 68.2 Å². The Kier molecular flexibility index (Phi) is 5.82. The highest BCUT2D eigenvalue weighted by Gasteiger charge is 2.45. The summed E-state index contributed by atoms with van der Waals surface area (Å²) in [5.74, 6) is 0.444. The van der Waals surface area contributed by atoms with E-state index in [-0.39, 0.29) is 6.61 Å². The average molecular weight is 261 g/mol. The zero-order chi connectivity index (χ0) is 12.7. The highest BCUT2D eigenvalue weighted by Crippen LogP contribution is 2.57. The van der Waals surface area contributed by atoms with E-state index in [0.717, 1.165) is 5.56 Å². The Balaban J connectivity index is 2.71.